The van der Waals surface area contributed by atoms with Gasteiger partial charge >= 0.3 is 6.09 Å². The van der Waals surface area contributed by atoms with Crippen LogP contribution in [0, 0.1) is 0 Å². The van der Waals surface area contributed by atoms with E-state index in [0.29, 0.717) is 24.0 Å². The van der Waals surface area contributed by atoms with Crippen molar-refractivity contribution < 1.29 is 24.6 Å². The lowest BCUT2D eigenvalue weighted by molar-refractivity contribution is -0.124. The van der Waals surface area contributed by atoms with E-state index >= 15 is 0 Å². The second kappa shape index (κ2) is 8.94. The molecule has 3 N–H and O–H groups in total. The minimum Gasteiger partial charge on any atom is -0.465 e. The number of ether oxygens (including phenoxy) is 1. The quantitative estimate of drug-likeness (QED) is 0.403. The molecule has 2 fully saturated rings. The molecule has 27 heavy (non-hydrogen) atoms. The van der Waals surface area contributed by atoms with Gasteiger partial charge in [-0.25, -0.2) is 15.3 Å². The predicted molar refractivity (Wildman–Crippen MR) is 97.5 cm³/mol. The minimum absolute atomic E-state index is 0.139. The summed E-state index contributed by atoms with van der Waals surface area (Å²) < 4.78 is 5.41. The van der Waals surface area contributed by atoms with Crippen molar-refractivity contribution in [2.24, 2.45) is 0 Å². The molecule has 0 saturated carbocycles. The first-order valence-corrected chi connectivity index (χ1v) is 9.00. The molecule has 0 aliphatic carbocycles. The van der Waals surface area contributed by atoms with Crippen LogP contribution in [0.2, 0.25) is 0 Å². The summed E-state index contributed by atoms with van der Waals surface area (Å²) >= 11 is 0. The predicted octanol–water partition coefficient (Wildman–Crippen LogP) is 1.34. The van der Waals surface area contributed by atoms with Crippen molar-refractivity contribution in [3.8, 4) is 0 Å². The number of likely N-dealkylation sites (tertiary alicyclic amines) is 1. The largest absolute Gasteiger partial charge is 0.465 e. The Balaban J connectivity index is 1.67. The third-order valence-corrected chi connectivity index (χ3v) is 5.03. The van der Waals surface area contributed by atoms with E-state index in [-0.39, 0.29) is 6.04 Å². The summed E-state index contributed by atoms with van der Waals surface area (Å²) in [7, 11) is 0. The average molecular weight is 376 g/mol. The maximum absolute atomic E-state index is 11.9. The Morgan fingerprint density at radius 1 is 1.30 bits per heavy atom. The molecule has 2 saturated heterocycles. The SMILES string of the molecule is O=C(/C=C/c1ccc(N(C(=O)O)[C@@H]2CCN(C3CCOCC3)C2)nc1)NO. The third kappa shape index (κ3) is 4.82. The molecule has 1 atom stereocenters. The van der Waals surface area contributed by atoms with Crippen LogP contribution in [-0.2, 0) is 9.53 Å². The van der Waals surface area contributed by atoms with Crippen LogP contribution in [0.5, 0.6) is 0 Å². The van der Waals surface area contributed by atoms with Gasteiger partial charge in [0.05, 0.1) is 6.04 Å². The van der Waals surface area contributed by atoms with Gasteiger partial charge in [-0.15, -0.1) is 0 Å². The van der Waals surface area contributed by atoms with Crippen molar-refractivity contribution in [3.63, 3.8) is 0 Å². The molecule has 3 heterocycles. The summed E-state index contributed by atoms with van der Waals surface area (Å²) in [6.45, 7) is 3.09. The first kappa shape index (κ1) is 19.3. The van der Waals surface area contributed by atoms with Gasteiger partial charge in [-0.1, -0.05) is 0 Å². The van der Waals surface area contributed by atoms with Gasteiger partial charge in [0.15, 0.2) is 0 Å². The number of hydroxylamine groups is 1. The summed E-state index contributed by atoms with van der Waals surface area (Å²) in [5.41, 5.74) is 2.13. The first-order chi connectivity index (χ1) is 13.1. The molecule has 2 aliphatic heterocycles. The maximum atomic E-state index is 11.9. The Hall–Kier alpha value is -2.49. The van der Waals surface area contributed by atoms with Gasteiger partial charge < -0.3 is 9.84 Å². The van der Waals surface area contributed by atoms with Crippen LogP contribution in [0.15, 0.2) is 24.4 Å². The van der Waals surface area contributed by atoms with E-state index < -0.39 is 12.0 Å². The van der Waals surface area contributed by atoms with Gasteiger partial charge in [-0.2, -0.15) is 0 Å². The molecule has 9 heteroatoms. The fraction of sp³-hybridized carbons (Fsp3) is 0.500. The minimum atomic E-state index is -1.02. The van der Waals surface area contributed by atoms with Crippen LogP contribution < -0.4 is 10.4 Å². The number of hydrogen-bond acceptors (Lipinski definition) is 6. The zero-order chi connectivity index (χ0) is 19.2. The van der Waals surface area contributed by atoms with E-state index in [1.807, 2.05) is 0 Å². The number of carboxylic acid groups (broad SMARTS) is 1. The van der Waals surface area contributed by atoms with Gasteiger partial charge in [0.2, 0.25) is 0 Å². The smallest absolute Gasteiger partial charge is 0.413 e. The Morgan fingerprint density at radius 3 is 2.70 bits per heavy atom. The summed E-state index contributed by atoms with van der Waals surface area (Å²) in [6, 6.07) is 3.63. The monoisotopic (exact) mass is 376 g/mol. The molecule has 0 bridgehead atoms. The number of nitrogens with zero attached hydrogens (tertiary/aromatic N) is 3. The molecule has 2 aliphatic rings. The van der Waals surface area contributed by atoms with Gasteiger partial charge in [0, 0.05) is 44.6 Å². The van der Waals surface area contributed by atoms with Crippen molar-refractivity contribution in [1.82, 2.24) is 15.4 Å². The fourth-order valence-corrected chi connectivity index (χ4v) is 3.65. The van der Waals surface area contributed by atoms with Crippen LogP contribution in [0.1, 0.15) is 24.8 Å². The summed E-state index contributed by atoms with van der Waals surface area (Å²) in [5.74, 6) is -0.282. The molecule has 2 amide bonds. The second-order valence-corrected chi connectivity index (χ2v) is 6.69. The zero-order valence-electron chi connectivity index (χ0n) is 15.0. The van der Waals surface area contributed by atoms with Crippen molar-refractivity contribution in [1.29, 1.82) is 0 Å². The summed E-state index contributed by atoms with van der Waals surface area (Å²) in [6.07, 6.45) is 5.86. The lowest BCUT2D eigenvalue weighted by Gasteiger charge is -2.32. The fourth-order valence-electron chi connectivity index (χ4n) is 3.65. The Kier molecular flexibility index (Phi) is 6.38. The average Bonchev–Trinajstić information content (AvgIpc) is 3.17. The molecule has 1 aromatic rings. The number of carbonyl (C=O) groups excluding carboxylic acids is 1. The molecule has 0 unspecified atom stereocenters. The van der Waals surface area contributed by atoms with E-state index in [1.165, 1.54) is 22.7 Å². The standard InChI is InChI=1S/C18H24N4O5/c23-17(20-26)4-2-13-1-3-16(19-11-13)22(18(24)25)15-5-8-21(12-15)14-6-9-27-10-7-14/h1-4,11,14-15,26H,5-10,12H2,(H,20,23)(H,24,25)/b4-2+/t15-/m1/s1. The number of nitrogens with one attached hydrogen (secondary N) is 1. The Bertz CT molecular complexity index is 687. The number of anilines is 1. The number of rotatable bonds is 5. The molecule has 0 aromatic carbocycles. The van der Waals surface area contributed by atoms with E-state index in [2.05, 4.69) is 9.88 Å². The van der Waals surface area contributed by atoms with Crippen molar-refractivity contribution in [2.45, 2.75) is 31.3 Å². The third-order valence-electron chi connectivity index (χ3n) is 5.03. The summed E-state index contributed by atoms with van der Waals surface area (Å²) in [5, 5.41) is 18.2. The molecule has 146 valence electrons. The molecule has 3 rings (SSSR count). The number of aromatic nitrogens is 1. The maximum Gasteiger partial charge on any atom is 0.413 e. The van der Waals surface area contributed by atoms with Gasteiger partial charge in [-0.05, 0) is 43.0 Å². The molecule has 0 radical (unpaired) electrons. The van der Waals surface area contributed by atoms with Crippen LogP contribution in [0.25, 0.3) is 6.08 Å². The molecule has 0 spiro atoms. The highest BCUT2D eigenvalue weighted by atomic mass is 16.5. The second-order valence-electron chi connectivity index (χ2n) is 6.69. The molecular weight excluding hydrogens is 352 g/mol. The van der Waals surface area contributed by atoms with Gasteiger partial charge in [0.1, 0.15) is 5.82 Å². The topological polar surface area (TPSA) is 115 Å². The van der Waals surface area contributed by atoms with Crippen molar-refractivity contribution in [3.05, 3.63) is 30.0 Å². The molecular formula is C18H24N4O5. The number of pyridine rings is 1. The summed E-state index contributed by atoms with van der Waals surface area (Å²) in [4.78, 5) is 30.8. The Labute approximate surface area is 157 Å². The highest BCUT2D eigenvalue weighted by Gasteiger charge is 2.35. The normalized spacial score (nSPS) is 21.4. The number of hydrogen-bond donors (Lipinski definition) is 3. The van der Waals surface area contributed by atoms with Crippen molar-refractivity contribution in [2.75, 3.05) is 31.2 Å². The van der Waals surface area contributed by atoms with Crippen LogP contribution >= 0.6 is 0 Å². The zero-order valence-corrected chi connectivity index (χ0v) is 15.0. The van der Waals surface area contributed by atoms with Gasteiger partial charge in [0.25, 0.3) is 5.91 Å². The van der Waals surface area contributed by atoms with Crippen molar-refractivity contribution >= 4 is 23.9 Å². The Morgan fingerprint density at radius 2 is 2.07 bits per heavy atom. The number of amides is 2. The first-order valence-electron chi connectivity index (χ1n) is 9.00. The van der Waals surface area contributed by atoms with E-state index in [1.54, 1.807) is 12.1 Å². The molecule has 1 aromatic heterocycles. The van der Waals surface area contributed by atoms with Crippen LogP contribution in [0.3, 0.4) is 0 Å². The van der Waals surface area contributed by atoms with E-state index in [4.69, 9.17) is 9.94 Å². The molecule has 9 nitrogen and oxygen atoms in total. The van der Waals surface area contributed by atoms with Gasteiger partial charge in [-0.3, -0.25) is 19.8 Å². The highest BCUT2D eigenvalue weighted by molar-refractivity contribution is 5.91. The van der Waals surface area contributed by atoms with Crippen LogP contribution in [-0.4, -0.2) is 70.6 Å². The lowest BCUT2D eigenvalue weighted by atomic mass is 10.1. The van der Waals surface area contributed by atoms with Crippen LogP contribution in [0.4, 0.5) is 10.6 Å². The van der Waals surface area contributed by atoms with E-state index in [0.717, 1.165) is 45.1 Å². The van der Waals surface area contributed by atoms with E-state index in [9.17, 15) is 14.7 Å². The lowest BCUT2D eigenvalue weighted by Crippen LogP contribution is -2.44. The number of carbonyl (C=O) groups is 2. The highest BCUT2D eigenvalue weighted by Crippen LogP contribution is 2.26.